The lowest BCUT2D eigenvalue weighted by Gasteiger charge is -2.08. The number of hydrogen-bond donors (Lipinski definition) is 3. The Balaban J connectivity index is 1.58. The number of ether oxygens (including phenoxy) is 1. The van der Waals surface area contributed by atoms with Crippen molar-refractivity contribution in [1.29, 1.82) is 5.26 Å². The summed E-state index contributed by atoms with van der Waals surface area (Å²) < 4.78 is 19.4. The predicted molar refractivity (Wildman–Crippen MR) is 120 cm³/mol. The third kappa shape index (κ3) is 5.86. The van der Waals surface area contributed by atoms with E-state index in [1.807, 2.05) is 0 Å². The van der Waals surface area contributed by atoms with Crippen molar-refractivity contribution < 1.29 is 18.7 Å². The highest BCUT2D eigenvalue weighted by atomic mass is 19.1. The van der Waals surface area contributed by atoms with Gasteiger partial charge in [0.1, 0.15) is 23.3 Å². The van der Waals surface area contributed by atoms with E-state index in [2.05, 4.69) is 21.8 Å². The van der Waals surface area contributed by atoms with Crippen molar-refractivity contribution in [3.05, 3.63) is 71.2 Å². The molecule has 9 nitrogen and oxygen atoms in total. The molecule has 0 fully saturated rings. The van der Waals surface area contributed by atoms with Gasteiger partial charge in [-0.15, -0.1) is 0 Å². The van der Waals surface area contributed by atoms with E-state index in [1.54, 1.807) is 31.2 Å². The van der Waals surface area contributed by atoms with Crippen molar-refractivity contribution >= 4 is 23.5 Å². The summed E-state index contributed by atoms with van der Waals surface area (Å²) in [5.74, 6) is -0.517. The summed E-state index contributed by atoms with van der Waals surface area (Å²) in [6.45, 7) is 2.28. The van der Waals surface area contributed by atoms with Crippen LogP contribution in [0, 0.1) is 17.1 Å². The Morgan fingerprint density at radius 3 is 2.70 bits per heavy atom. The minimum atomic E-state index is -0.595. The third-order valence-electron chi connectivity index (χ3n) is 4.70. The maximum absolute atomic E-state index is 13.2. The molecule has 0 unspecified atom stereocenters. The molecular weight excluding hydrogens is 427 g/mol. The molecule has 3 rings (SSSR count). The van der Waals surface area contributed by atoms with Crippen molar-refractivity contribution in [2.75, 3.05) is 24.2 Å². The van der Waals surface area contributed by atoms with Gasteiger partial charge in [0.15, 0.2) is 0 Å². The van der Waals surface area contributed by atoms with Crippen LogP contribution in [-0.2, 0) is 11.2 Å². The zero-order valence-electron chi connectivity index (χ0n) is 18.0. The summed E-state index contributed by atoms with van der Waals surface area (Å²) in [7, 11) is 0. The monoisotopic (exact) mass is 450 g/mol. The van der Waals surface area contributed by atoms with Crippen molar-refractivity contribution in [1.82, 2.24) is 15.1 Å². The van der Waals surface area contributed by atoms with Gasteiger partial charge in [0.2, 0.25) is 0 Å². The van der Waals surface area contributed by atoms with E-state index in [-0.39, 0.29) is 29.7 Å². The lowest BCUT2D eigenvalue weighted by Crippen LogP contribution is -2.25. The standard InChI is InChI=1S/C23H23FN6O3/c1-2-33-23(32)28-17-6-3-5-15(13-17)22(31)27-12-4-7-20-19(14-25)21(26)30(29-20)18-10-8-16(24)9-11-18/h3,5-6,8-11,13H,2,4,7,12,26H2,1H3,(H,27,31)(H,28,32). The molecule has 0 spiro atoms. The molecule has 2 aromatic carbocycles. The highest BCUT2D eigenvalue weighted by molar-refractivity contribution is 5.96. The van der Waals surface area contributed by atoms with Gasteiger partial charge in [-0.2, -0.15) is 10.4 Å². The second-order valence-electron chi connectivity index (χ2n) is 6.99. The van der Waals surface area contributed by atoms with Crippen LogP contribution in [0.1, 0.15) is 35.0 Å². The predicted octanol–water partition coefficient (Wildman–Crippen LogP) is 3.40. The topological polar surface area (TPSA) is 135 Å². The number of halogens is 1. The molecule has 1 aromatic heterocycles. The summed E-state index contributed by atoms with van der Waals surface area (Å²) in [6.07, 6.45) is 0.329. The Bertz CT molecular complexity index is 1180. The van der Waals surface area contributed by atoms with E-state index in [1.165, 1.54) is 28.9 Å². The van der Waals surface area contributed by atoms with Crippen LogP contribution in [0.2, 0.25) is 0 Å². The molecule has 0 aliphatic heterocycles. The van der Waals surface area contributed by atoms with Crippen LogP contribution in [0.25, 0.3) is 5.69 Å². The van der Waals surface area contributed by atoms with Crippen LogP contribution < -0.4 is 16.4 Å². The van der Waals surface area contributed by atoms with E-state index in [9.17, 15) is 19.2 Å². The lowest BCUT2D eigenvalue weighted by molar-refractivity contribution is 0.0953. The van der Waals surface area contributed by atoms with Gasteiger partial charge in [-0.05, 0) is 62.2 Å². The van der Waals surface area contributed by atoms with Crippen molar-refractivity contribution in [2.45, 2.75) is 19.8 Å². The molecule has 3 aromatic rings. The normalized spacial score (nSPS) is 10.3. The second kappa shape index (κ2) is 10.8. The molecule has 10 heteroatoms. The number of nitrogen functional groups attached to an aromatic ring is 1. The number of carbonyl (C=O) groups is 2. The number of benzene rings is 2. The summed E-state index contributed by atoms with van der Waals surface area (Å²) in [5.41, 5.74) is 8.17. The SMILES string of the molecule is CCOC(=O)Nc1cccc(C(=O)NCCCc2nn(-c3ccc(F)cc3)c(N)c2C#N)c1. The highest BCUT2D eigenvalue weighted by Gasteiger charge is 2.16. The van der Waals surface area contributed by atoms with E-state index >= 15 is 0 Å². The fraction of sp³-hybridized carbons (Fsp3) is 0.217. The first kappa shape index (κ1) is 23.3. The smallest absolute Gasteiger partial charge is 0.411 e. The van der Waals surface area contributed by atoms with Gasteiger partial charge in [-0.3, -0.25) is 10.1 Å². The molecule has 0 atom stereocenters. The number of nitrogens with two attached hydrogens (primary N) is 1. The Morgan fingerprint density at radius 1 is 1.24 bits per heavy atom. The fourth-order valence-electron chi connectivity index (χ4n) is 3.14. The van der Waals surface area contributed by atoms with E-state index in [4.69, 9.17) is 10.5 Å². The molecule has 4 N–H and O–H groups in total. The molecule has 0 saturated carbocycles. The summed E-state index contributed by atoms with van der Waals surface area (Å²) in [5, 5.41) is 19.2. The van der Waals surface area contributed by atoms with E-state index in [0.717, 1.165) is 0 Å². The Morgan fingerprint density at radius 2 is 2.00 bits per heavy atom. The number of hydrogen-bond acceptors (Lipinski definition) is 6. The average molecular weight is 450 g/mol. The van der Waals surface area contributed by atoms with Gasteiger partial charge < -0.3 is 15.8 Å². The minimum Gasteiger partial charge on any atom is -0.450 e. The fourth-order valence-corrected chi connectivity index (χ4v) is 3.14. The van der Waals surface area contributed by atoms with E-state index < -0.39 is 6.09 Å². The molecule has 0 aliphatic carbocycles. The van der Waals surface area contributed by atoms with Crippen molar-refractivity contribution in [3.8, 4) is 11.8 Å². The van der Waals surface area contributed by atoms with Gasteiger partial charge >= 0.3 is 6.09 Å². The zero-order chi connectivity index (χ0) is 23.8. The van der Waals surface area contributed by atoms with Crippen molar-refractivity contribution in [2.24, 2.45) is 0 Å². The van der Waals surface area contributed by atoms with Gasteiger partial charge in [0.05, 0.1) is 18.0 Å². The van der Waals surface area contributed by atoms with Crippen LogP contribution >= 0.6 is 0 Å². The van der Waals surface area contributed by atoms with Crippen LogP contribution in [0.4, 0.5) is 20.7 Å². The van der Waals surface area contributed by atoms with Crippen LogP contribution in [0.3, 0.4) is 0 Å². The Hall–Kier alpha value is -4.39. The molecule has 0 saturated heterocycles. The first-order chi connectivity index (χ1) is 15.9. The maximum Gasteiger partial charge on any atom is 0.411 e. The summed E-state index contributed by atoms with van der Waals surface area (Å²) in [4.78, 5) is 24.0. The second-order valence-corrected chi connectivity index (χ2v) is 6.99. The van der Waals surface area contributed by atoms with Crippen LogP contribution in [0.5, 0.6) is 0 Å². The number of nitrogens with zero attached hydrogens (tertiary/aromatic N) is 3. The molecular formula is C23H23FN6O3. The first-order valence-electron chi connectivity index (χ1n) is 10.3. The first-order valence-corrected chi connectivity index (χ1v) is 10.3. The minimum absolute atomic E-state index is 0.175. The number of carbonyl (C=O) groups excluding carboxylic acids is 2. The highest BCUT2D eigenvalue weighted by Crippen LogP contribution is 2.21. The van der Waals surface area contributed by atoms with Crippen LogP contribution in [0.15, 0.2) is 48.5 Å². The molecule has 0 bridgehead atoms. The summed E-state index contributed by atoms with van der Waals surface area (Å²) >= 11 is 0. The zero-order valence-corrected chi connectivity index (χ0v) is 18.0. The Labute approximate surface area is 190 Å². The average Bonchev–Trinajstić information content (AvgIpc) is 3.12. The number of nitriles is 1. The molecule has 2 amide bonds. The number of aryl methyl sites for hydroxylation is 1. The lowest BCUT2D eigenvalue weighted by atomic mass is 10.1. The number of anilines is 2. The number of nitrogens with one attached hydrogen (secondary N) is 2. The van der Waals surface area contributed by atoms with Gasteiger partial charge in [0.25, 0.3) is 5.91 Å². The molecule has 170 valence electrons. The van der Waals surface area contributed by atoms with Gasteiger partial charge in [0, 0.05) is 17.8 Å². The number of aromatic nitrogens is 2. The molecule has 1 heterocycles. The van der Waals surface area contributed by atoms with E-state index in [0.29, 0.717) is 42.0 Å². The summed E-state index contributed by atoms with van der Waals surface area (Å²) in [6, 6.07) is 14.2. The quantitative estimate of drug-likeness (QED) is 0.450. The molecule has 0 radical (unpaired) electrons. The Kier molecular flexibility index (Phi) is 7.60. The van der Waals surface area contributed by atoms with Gasteiger partial charge in [-0.1, -0.05) is 6.07 Å². The number of amides is 2. The maximum atomic E-state index is 13.2. The van der Waals surface area contributed by atoms with Crippen molar-refractivity contribution in [3.63, 3.8) is 0 Å². The molecule has 33 heavy (non-hydrogen) atoms. The largest absolute Gasteiger partial charge is 0.450 e. The van der Waals surface area contributed by atoms with Crippen LogP contribution in [-0.4, -0.2) is 34.9 Å². The number of rotatable bonds is 8. The molecule has 0 aliphatic rings. The third-order valence-corrected chi connectivity index (χ3v) is 4.70. The van der Waals surface area contributed by atoms with Gasteiger partial charge in [-0.25, -0.2) is 13.9 Å².